The number of rotatable bonds is 5. The molecule has 0 bridgehead atoms. The van der Waals surface area contributed by atoms with Crippen molar-refractivity contribution in [3.05, 3.63) is 59.7 Å². The molecule has 2 heterocycles. The highest BCUT2D eigenvalue weighted by Crippen LogP contribution is 2.38. The van der Waals surface area contributed by atoms with Gasteiger partial charge in [-0.3, -0.25) is 4.18 Å². The van der Waals surface area contributed by atoms with E-state index in [4.69, 9.17) is 9.32 Å². The number of aromatic nitrogens is 3. The molecule has 0 amide bonds. The molecule has 158 valence electrons. The second-order valence-electron chi connectivity index (χ2n) is 8.24. The maximum Gasteiger partial charge on any atom is 0.333 e. The lowest BCUT2D eigenvalue weighted by Crippen LogP contribution is -2.29. The zero-order valence-electron chi connectivity index (χ0n) is 16.4. The molecule has 5 rings (SSSR count). The molecule has 3 aromatic rings. The number of nitrogens with two attached hydrogens (primary N) is 1. The molecular formula is C21H24N4O4S. The van der Waals surface area contributed by atoms with Gasteiger partial charge in [0.1, 0.15) is 18.1 Å². The van der Waals surface area contributed by atoms with Crippen LogP contribution < -0.4 is 5.14 Å². The molecule has 1 unspecified atom stereocenters. The van der Waals surface area contributed by atoms with Crippen LogP contribution in [0, 0.1) is 0 Å². The molecule has 2 aliphatic carbocycles. The summed E-state index contributed by atoms with van der Waals surface area (Å²) < 4.78 is 29.3. The van der Waals surface area contributed by atoms with Crippen LogP contribution in [0.3, 0.4) is 0 Å². The van der Waals surface area contributed by atoms with Gasteiger partial charge in [-0.1, -0.05) is 24.3 Å². The van der Waals surface area contributed by atoms with E-state index in [2.05, 4.69) is 34.2 Å². The van der Waals surface area contributed by atoms with Crippen molar-refractivity contribution in [1.29, 1.82) is 0 Å². The van der Waals surface area contributed by atoms with Gasteiger partial charge in [0.25, 0.3) is 0 Å². The minimum Gasteiger partial charge on any atom is -0.390 e. The van der Waals surface area contributed by atoms with Gasteiger partial charge in [0.15, 0.2) is 0 Å². The maximum atomic E-state index is 11.3. The first-order valence-electron chi connectivity index (χ1n) is 10.2. The number of aryl methyl sites for hydroxylation is 1. The van der Waals surface area contributed by atoms with Crippen molar-refractivity contribution < 1.29 is 17.7 Å². The van der Waals surface area contributed by atoms with Crippen molar-refractivity contribution in [2.75, 3.05) is 0 Å². The molecule has 30 heavy (non-hydrogen) atoms. The third-order valence-electron chi connectivity index (χ3n) is 6.39. The predicted octanol–water partition coefficient (Wildman–Crippen LogP) is 1.99. The van der Waals surface area contributed by atoms with Crippen molar-refractivity contribution in [3.8, 4) is 0 Å². The number of fused-ring (bicyclic) bond motifs is 2. The SMILES string of the molecule is NS(=O)(=O)O[C@H]1CC(n2ccc3c(C[C@H]4CCc5ccccc54)ncnc32)C[C@H]1O. The van der Waals surface area contributed by atoms with E-state index in [-0.39, 0.29) is 6.04 Å². The van der Waals surface area contributed by atoms with Crippen LogP contribution in [-0.2, 0) is 27.3 Å². The van der Waals surface area contributed by atoms with E-state index in [0.717, 1.165) is 36.0 Å². The highest BCUT2D eigenvalue weighted by Gasteiger charge is 2.37. The van der Waals surface area contributed by atoms with E-state index in [1.165, 1.54) is 11.1 Å². The fraction of sp³-hybridized carbons (Fsp3) is 0.429. The summed E-state index contributed by atoms with van der Waals surface area (Å²) in [4.78, 5) is 9.04. The molecule has 1 saturated carbocycles. The summed E-state index contributed by atoms with van der Waals surface area (Å²) in [7, 11) is -4.11. The Labute approximate surface area is 175 Å². The molecule has 1 fully saturated rings. The normalized spacial score (nSPS) is 26.3. The first-order chi connectivity index (χ1) is 14.4. The fourth-order valence-corrected chi connectivity index (χ4v) is 5.58. The predicted molar refractivity (Wildman–Crippen MR) is 111 cm³/mol. The van der Waals surface area contributed by atoms with Gasteiger partial charge in [0.05, 0.1) is 11.8 Å². The minimum absolute atomic E-state index is 0.126. The quantitative estimate of drug-likeness (QED) is 0.641. The Morgan fingerprint density at radius 1 is 1.20 bits per heavy atom. The first-order valence-corrected chi connectivity index (χ1v) is 11.6. The topological polar surface area (TPSA) is 120 Å². The van der Waals surface area contributed by atoms with E-state index in [1.807, 2.05) is 16.8 Å². The average molecular weight is 429 g/mol. The van der Waals surface area contributed by atoms with Gasteiger partial charge < -0.3 is 9.67 Å². The summed E-state index contributed by atoms with van der Waals surface area (Å²) in [5.74, 6) is 0.448. The lowest BCUT2D eigenvalue weighted by Gasteiger charge is -2.15. The second kappa shape index (κ2) is 7.42. The molecule has 3 N–H and O–H groups in total. The molecule has 2 aliphatic rings. The Kier molecular flexibility index (Phi) is 4.85. The fourth-order valence-electron chi connectivity index (χ4n) is 5.03. The van der Waals surface area contributed by atoms with Crippen LogP contribution in [0.4, 0.5) is 0 Å². The van der Waals surface area contributed by atoms with E-state index in [9.17, 15) is 13.5 Å². The summed E-state index contributed by atoms with van der Waals surface area (Å²) in [6, 6.07) is 10.5. The Hall–Kier alpha value is -2.33. The Bertz CT molecular complexity index is 1190. The molecular weight excluding hydrogens is 404 g/mol. The van der Waals surface area contributed by atoms with Gasteiger partial charge in [-0.2, -0.15) is 8.42 Å². The van der Waals surface area contributed by atoms with Gasteiger partial charge >= 0.3 is 10.3 Å². The summed E-state index contributed by atoms with van der Waals surface area (Å²) in [5, 5.41) is 16.2. The van der Waals surface area contributed by atoms with Gasteiger partial charge in [-0.05, 0) is 55.2 Å². The molecule has 9 heteroatoms. The van der Waals surface area contributed by atoms with E-state index < -0.39 is 22.5 Å². The smallest absolute Gasteiger partial charge is 0.333 e. The molecule has 4 atom stereocenters. The standard InChI is InChI=1S/C21H24N4O4S/c22-30(27,28)29-20-11-15(10-19(20)26)25-8-7-17-18(23-12-24-21(17)25)9-14-6-5-13-3-1-2-4-16(13)14/h1-4,7-8,12,14-15,19-20,26H,5-6,9-11H2,(H2,22,27,28)/t14-,15?,19-,20+/m1/s1. The van der Waals surface area contributed by atoms with Crippen LogP contribution in [0.15, 0.2) is 42.9 Å². The van der Waals surface area contributed by atoms with E-state index >= 15 is 0 Å². The van der Waals surface area contributed by atoms with Gasteiger partial charge in [-0.15, -0.1) is 0 Å². The van der Waals surface area contributed by atoms with Crippen LogP contribution >= 0.6 is 0 Å². The largest absolute Gasteiger partial charge is 0.390 e. The van der Waals surface area contributed by atoms with Crippen molar-refractivity contribution in [2.24, 2.45) is 5.14 Å². The lowest BCUT2D eigenvalue weighted by atomic mass is 9.95. The number of hydrogen-bond acceptors (Lipinski definition) is 6. The van der Waals surface area contributed by atoms with Gasteiger partial charge in [-0.25, -0.2) is 15.1 Å². The van der Waals surface area contributed by atoms with Crippen molar-refractivity contribution >= 4 is 21.3 Å². The molecule has 0 aliphatic heterocycles. The maximum absolute atomic E-state index is 11.3. The van der Waals surface area contributed by atoms with Crippen molar-refractivity contribution in [1.82, 2.24) is 14.5 Å². The highest BCUT2D eigenvalue weighted by atomic mass is 32.2. The number of hydrogen-bond donors (Lipinski definition) is 2. The Morgan fingerprint density at radius 3 is 2.87 bits per heavy atom. The summed E-state index contributed by atoms with van der Waals surface area (Å²) in [6.45, 7) is 0. The Morgan fingerprint density at radius 2 is 2.03 bits per heavy atom. The van der Waals surface area contributed by atoms with Gasteiger partial charge in [0, 0.05) is 17.6 Å². The Balaban J connectivity index is 1.41. The molecule has 8 nitrogen and oxygen atoms in total. The molecule has 0 spiro atoms. The average Bonchev–Trinajstić information content (AvgIpc) is 3.39. The number of nitrogens with zero attached hydrogens (tertiary/aromatic N) is 3. The van der Waals surface area contributed by atoms with Crippen LogP contribution in [0.1, 0.15) is 48.0 Å². The van der Waals surface area contributed by atoms with Crippen LogP contribution in [0.2, 0.25) is 0 Å². The van der Waals surface area contributed by atoms with Crippen molar-refractivity contribution in [3.63, 3.8) is 0 Å². The van der Waals surface area contributed by atoms with Crippen LogP contribution in [0.5, 0.6) is 0 Å². The first kappa shape index (κ1) is 19.6. The lowest BCUT2D eigenvalue weighted by molar-refractivity contribution is 0.0645. The summed E-state index contributed by atoms with van der Waals surface area (Å²) in [5.41, 5.74) is 4.63. The van der Waals surface area contributed by atoms with Crippen molar-refractivity contribution in [2.45, 2.75) is 56.3 Å². The monoisotopic (exact) mass is 428 g/mol. The van der Waals surface area contributed by atoms with E-state index in [0.29, 0.717) is 18.8 Å². The van der Waals surface area contributed by atoms with Crippen LogP contribution in [0.25, 0.3) is 11.0 Å². The molecule has 2 aromatic heterocycles. The molecule has 1 aromatic carbocycles. The summed E-state index contributed by atoms with van der Waals surface area (Å²) >= 11 is 0. The van der Waals surface area contributed by atoms with Gasteiger partial charge in [0.2, 0.25) is 0 Å². The zero-order valence-corrected chi connectivity index (χ0v) is 17.2. The third kappa shape index (κ3) is 3.62. The summed E-state index contributed by atoms with van der Waals surface area (Å²) in [6.07, 6.45) is 5.55. The third-order valence-corrected chi connectivity index (χ3v) is 6.90. The highest BCUT2D eigenvalue weighted by molar-refractivity contribution is 7.84. The zero-order chi connectivity index (χ0) is 20.9. The van der Waals surface area contributed by atoms with Crippen LogP contribution in [-0.4, -0.2) is 40.3 Å². The number of aliphatic hydroxyl groups excluding tert-OH is 1. The number of benzene rings is 1. The molecule has 0 radical (unpaired) electrons. The molecule has 0 saturated heterocycles. The number of aliphatic hydroxyl groups is 1. The van der Waals surface area contributed by atoms with E-state index in [1.54, 1.807) is 6.33 Å². The minimum atomic E-state index is -4.11. The second-order valence-corrected chi connectivity index (χ2v) is 9.42.